The Morgan fingerprint density at radius 3 is 2.31 bits per heavy atom. The Balaban J connectivity index is 1.80. The first kappa shape index (κ1) is 19.9. The van der Waals surface area contributed by atoms with E-state index >= 15 is 0 Å². The zero-order valence-corrected chi connectivity index (χ0v) is 14.7. The van der Waals surface area contributed by atoms with Gasteiger partial charge in [-0.3, -0.25) is 4.79 Å². The highest BCUT2D eigenvalue weighted by molar-refractivity contribution is 6.30. The number of amides is 1. The predicted octanol–water partition coefficient (Wildman–Crippen LogP) is 2.43. The summed E-state index contributed by atoms with van der Waals surface area (Å²) in [5.74, 6) is -0.351. The molecule has 0 spiro atoms. The molecule has 1 amide bonds. The number of alkyl carbamates (subject to hydrolysis) is 1. The van der Waals surface area contributed by atoms with E-state index in [2.05, 4.69) is 5.32 Å². The number of hydrogen-bond acceptors (Lipinski definition) is 5. The fourth-order valence-corrected chi connectivity index (χ4v) is 2.39. The van der Waals surface area contributed by atoms with E-state index in [1.165, 1.54) is 24.3 Å². The minimum atomic E-state index is -1.23. The van der Waals surface area contributed by atoms with E-state index in [-0.39, 0.29) is 24.8 Å². The molecule has 0 aliphatic rings. The molecule has 3 N–H and O–H groups in total. The van der Waals surface area contributed by atoms with E-state index in [0.29, 0.717) is 11.1 Å². The van der Waals surface area contributed by atoms with Crippen molar-refractivity contribution in [1.82, 2.24) is 5.32 Å². The predicted molar refractivity (Wildman–Crippen MR) is 97.1 cm³/mol. The summed E-state index contributed by atoms with van der Waals surface area (Å²) in [7, 11) is 0. The van der Waals surface area contributed by atoms with Crippen LogP contribution in [0.2, 0.25) is 0 Å². The summed E-state index contributed by atoms with van der Waals surface area (Å²) in [6.07, 6.45) is -3.14. The van der Waals surface area contributed by atoms with Gasteiger partial charge in [-0.2, -0.15) is 0 Å². The van der Waals surface area contributed by atoms with Gasteiger partial charge in [-0.05, 0) is 11.1 Å². The molecule has 0 saturated heterocycles. The van der Waals surface area contributed by atoms with Gasteiger partial charge in [-0.1, -0.05) is 54.6 Å². The van der Waals surface area contributed by atoms with Crippen LogP contribution in [0.3, 0.4) is 0 Å². The molecule has 2 aromatic rings. The first-order valence-corrected chi connectivity index (χ1v) is 8.54. The fraction of sp³-hybridized carbons (Fsp3) is 0.263. The molecule has 0 radical (unpaired) electrons. The van der Waals surface area contributed by atoms with Crippen molar-refractivity contribution in [2.75, 3.05) is 12.4 Å². The van der Waals surface area contributed by atoms with E-state index in [4.69, 9.17) is 16.3 Å². The highest BCUT2D eigenvalue weighted by atomic mass is 35.5. The highest BCUT2D eigenvalue weighted by Gasteiger charge is 2.19. The summed E-state index contributed by atoms with van der Waals surface area (Å²) in [6.45, 7) is -0.0709. The third kappa shape index (κ3) is 5.84. The molecule has 0 aliphatic heterocycles. The number of carbonyl (C=O) groups excluding carboxylic acids is 2. The van der Waals surface area contributed by atoms with Crippen LogP contribution >= 0.6 is 11.6 Å². The second kappa shape index (κ2) is 9.91. The van der Waals surface area contributed by atoms with Gasteiger partial charge < -0.3 is 20.3 Å². The van der Waals surface area contributed by atoms with Gasteiger partial charge in [0, 0.05) is 12.1 Å². The third-order valence-electron chi connectivity index (χ3n) is 3.73. The lowest BCUT2D eigenvalue weighted by atomic mass is 10.0. The number of Topliss-reactive ketones (excluding diaryl/α,β-unsaturated/α-hetero) is 1. The topological polar surface area (TPSA) is 95.9 Å². The average Bonchev–Trinajstić information content (AvgIpc) is 2.70. The second-order valence-corrected chi connectivity index (χ2v) is 5.90. The van der Waals surface area contributed by atoms with Crippen molar-refractivity contribution in [2.24, 2.45) is 0 Å². The lowest BCUT2D eigenvalue weighted by Gasteiger charge is -2.19. The zero-order chi connectivity index (χ0) is 18.9. The van der Waals surface area contributed by atoms with Gasteiger partial charge in [0.25, 0.3) is 0 Å². The quantitative estimate of drug-likeness (QED) is 0.485. The van der Waals surface area contributed by atoms with Crippen LogP contribution in [0.5, 0.6) is 0 Å². The van der Waals surface area contributed by atoms with Gasteiger partial charge >= 0.3 is 6.09 Å². The zero-order valence-electron chi connectivity index (χ0n) is 14.0. The van der Waals surface area contributed by atoms with Gasteiger partial charge in [0.2, 0.25) is 0 Å². The van der Waals surface area contributed by atoms with Crippen molar-refractivity contribution in [3.05, 3.63) is 71.3 Å². The van der Waals surface area contributed by atoms with Crippen LogP contribution in [0, 0.1) is 0 Å². The third-order valence-corrected chi connectivity index (χ3v) is 3.97. The summed E-state index contributed by atoms with van der Waals surface area (Å²) < 4.78 is 5.03. The first-order chi connectivity index (χ1) is 12.5. The standard InChI is InChI=1S/C19H20ClNO5/c20-10-16(22)14-6-8-15(9-7-14)18(24)17(23)11-21-19(25)26-12-13-4-2-1-3-5-13/h1-9,17-18,23-24H,10-12H2,(H,21,25). The molecule has 6 nitrogen and oxygen atoms in total. The first-order valence-electron chi connectivity index (χ1n) is 8.01. The normalized spacial score (nSPS) is 12.9. The number of benzene rings is 2. The van der Waals surface area contributed by atoms with E-state index in [9.17, 15) is 19.8 Å². The van der Waals surface area contributed by atoms with Crippen molar-refractivity contribution >= 4 is 23.5 Å². The number of alkyl halides is 1. The van der Waals surface area contributed by atoms with Crippen LogP contribution in [0.1, 0.15) is 27.6 Å². The van der Waals surface area contributed by atoms with Crippen LogP contribution in [-0.2, 0) is 11.3 Å². The number of aliphatic hydroxyl groups excluding tert-OH is 2. The number of ether oxygens (including phenoxy) is 1. The summed E-state index contributed by atoms with van der Waals surface area (Å²) in [6, 6.07) is 15.3. The largest absolute Gasteiger partial charge is 0.445 e. The van der Waals surface area contributed by atoms with Crippen LogP contribution in [0.25, 0.3) is 0 Å². The average molecular weight is 378 g/mol. The van der Waals surface area contributed by atoms with Gasteiger partial charge in [0.05, 0.1) is 5.88 Å². The maximum Gasteiger partial charge on any atom is 0.407 e. The lowest BCUT2D eigenvalue weighted by Crippen LogP contribution is -2.35. The van der Waals surface area contributed by atoms with Crippen molar-refractivity contribution in [1.29, 1.82) is 0 Å². The number of hydrogen-bond donors (Lipinski definition) is 3. The maximum atomic E-state index is 11.7. The molecule has 0 heterocycles. The summed E-state index contributed by atoms with van der Waals surface area (Å²) in [4.78, 5) is 23.1. The van der Waals surface area contributed by atoms with Gasteiger partial charge in [-0.15, -0.1) is 11.6 Å². The van der Waals surface area contributed by atoms with Crippen LogP contribution < -0.4 is 5.32 Å². The molecule has 0 fully saturated rings. The van der Waals surface area contributed by atoms with Gasteiger partial charge in [0.15, 0.2) is 5.78 Å². The SMILES string of the molecule is O=C(NCC(O)C(O)c1ccc(C(=O)CCl)cc1)OCc1ccccc1. The Morgan fingerprint density at radius 2 is 1.69 bits per heavy atom. The molecule has 138 valence electrons. The molecular weight excluding hydrogens is 358 g/mol. The molecule has 7 heteroatoms. The fourth-order valence-electron chi connectivity index (χ4n) is 2.24. The molecule has 0 aliphatic carbocycles. The van der Waals surface area contributed by atoms with E-state index in [1.54, 1.807) is 0 Å². The van der Waals surface area contributed by atoms with Crippen LogP contribution in [0.15, 0.2) is 54.6 Å². The number of nitrogens with one attached hydrogen (secondary N) is 1. The summed E-state index contributed by atoms with van der Waals surface area (Å²) in [5, 5.41) is 22.6. The van der Waals surface area contributed by atoms with E-state index in [0.717, 1.165) is 5.56 Å². The van der Waals surface area contributed by atoms with Crippen molar-refractivity contribution in [2.45, 2.75) is 18.8 Å². The molecule has 2 rings (SSSR count). The van der Waals surface area contributed by atoms with Crippen LogP contribution in [-0.4, -0.2) is 40.6 Å². The second-order valence-electron chi connectivity index (χ2n) is 5.63. The molecule has 2 unspecified atom stereocenters. The summed E-state index contributed by atoms with van der Waals surface area (Å²) in [5.41, 5.74) is 1.69. The smallest absolute Gasteiger partial charge is 0.407 e. The Labute approximate surface area is 156 Å². The van der Waals surface area contributed by atoms with Crippen molar-refractivity contribution < 1.29 is 24.5 Å². The Bertz CT molecular complexity index is 720. The molecule has 2 atom stereocenters. The Kier molecular flexibility index (Phi) is 7.59. The van der Waals surface area contributed by atoms with Crippen molar-refractivity contribution in [3.8, 4) is 0 Å². The minimum Gasteiger partial charge on any atom is -0.445 e. The number of rotatable bonds is 8. The highest BCUT2D eigenvalue weighted by Crippen LogP contribution is 2.18. The molecule has 0 bridgehead atoms. The molecule has 2 aromatic carbocycles. The minimum absolute atomic E-state index is 0.112. The summed E-state index contributed by atoms with van der Waals surface area (Å²) >= 11 is 5.48. The maximum absolute atomic E-state index is 11.7. The molecule has 26 heavy (non-hydrogen) atoms. The van der Waals surface area contributed by atoms with Gasteiger partial charge in [0.1, 0.15) is 18.8 Å². The lowest BCUT2D eigenvalue weighted by molar-refractivity contribution is 0.0184. The van der Waals surface area contributed by atoms with Crippen LogP contribution in [0.4, 0.5) is 4.79 Å². The monoisotopic (exact) mass is 377 g/mol. The van der Waals surface area contributed by atoms with E-state index in [1.807, 2.05) is 30.3 Å². The number of halogens is 1. The number of carbonyl (C=O) groups is 2. The number of aliphatic hydroxyl groups is 2. The van der Waals surface area contributed by atoms with E-state index < -0.39 is 18.3 Å². The Hall–Kier alpha value is -2.41. The van der Waals surface area contributed by atoms with Crippen molar-refractivity contribution in [3.63, 3.8) is 0 Å². The molecular formula is C19H20ClNO5. The Morgan fingerprint density at radius 1 is 1.04 bits per heavy atom. The molecule has 0 saturated carbocycles. The number of ketones is 1. The molecule has 0 aromatic heterocycles. The van der Waals surface area contributed by atoms with Gasteiger partial charge in [-0.25, -0.2) is 4.79 Å².